The second kappa shape index (κ2) is 8.03. The van der Waals surface area contributed by atoms with E-state index in [9.17, 15) is 28.2 Å². The van der Waals surface area contributed by atoms with Crippen LogP contribution in [-0.2, 0) is 11.7 Å². The summed E-state index contributed by atoms with van der Waals surface area (Å²) in [5.41, 5.74) is -2.08. The minimum absolute atomic E-state index is 0.0941. The van der Waals surface area contributed by atoms with Gasteiger partial charge in [0.25, 0.3) is 0 Å². The lowest BCUT2D eigenvalue weighted by Crippen LogP contribution is -2.37. The molecule has 3 heterocycles. The quantitative estimate of drug-likeness (QED) is 0.743. The zero-order chi connectivity index (χ0) is 23.1. The van der Waals surface area contributed by atoms with Gasteiger partial charge >= 0.3 is 12.1 Å². The van der Waals surface area contributed by atoms with Crippen LogP contribution in [0.25, 0.3) is 0 Å². The van der Waals surface area contributed by atoms with E-state index in [1.54, 1.807) is 20.8 Å². The van der Waals surface area contributed by atoms with E-state index >= 15 is 0 Å². The molecule has 11 heteroatoms. The van der Waals surface area contributed by atoms with Gasteiger partial charge in [-0.3, -0.25) is 4.98 Å². The Kier molecular flexibility index (Phi) is 5.92. The first-order valence-electron chi connectivity index (χ1n) is 9.80. The molecule has 0 saturated carbocycles. The summed E-state index contributed by atoms with van der Waals surface area (Å²) >= 11 is 0. The maximum atomic E-state index is 14.1. The number of hydrogen-bond donors (Lipinski definition) is 2. The first-order valence-corrected chi connectivity index (χ1v) is 9.80. The third-order valence-corrected chi connectivity index (χ3v) is 5.09. The Morgan fingerprint density at radius 2 is 1.81 bits per heavy atom. The number of aliphatic hydroxyl groups is 1. The van der Waals surface area contributed by atoms with Crippen molar-refractivity contribution in [2.24, 2.45) is 0 Å². The number of anilines is 1. The van der Waals surface area contributed by atoms with Crippen LogP contribution in [0.5, 0.6) is 11.6 Å². The fourth-order valence-corrected chi connectivity index (χ4v) is 3.50. The second-order valence-corrected chi connectivity index (χ2v) is 8.52. The van der Waals surface area contributed by atoms with E-state index in [-0.39, 0.29) is 35.9 Å². The number of hydrogen-bond acceptors (Lipinski definition) is 6. The summed E-state index contributed by atoms with van der Waals surface area (Å²) < 4.78 is 49.3. The van der Waals surface area contributed by atoms with Gasteiger partial charge in [0, 0.05) is 18.7 Å². The standard InChI is InChI=1S/C20H25F3N4O4/c1-11-16(18(29)30)25-27(19(2,3)4)17(11)31-14-10-24-9-13(15(14)20(21,22)23)26-7-5-12(28)6-8-26/h9-10,12,28H,5-8H2,1-4H3,(H,29,30). The summed E-state index contributed by atoms with van der Waals surface area (Å²) in [5, 5.41) is 23.1. The molecule has 0 atom stereocenters. The first kappa shape index (κ1) is 22.9. The number of pyridine rings is 1. The Bertz CT molecular complexity index is 974. The molecule has 3 rings (SSSR count). The molecule has 1 aliphatic heterocycles. The highest BCUT2D eigenvalue weighted by atomic mass is 19.4. The fraction of sp³-hybridized carbons (Fsp3) is 0.550. The zero-order valence-electron chi connectivity index (χ0n) is 17.7. The van der Waals surface area contributed by atoms with Gasteiger partial charge in [0.15, 0.2) is 11.4 Å². The van der Waals surface area contributed by atoms with E-state index in [0.29, 0.717) is 12.8 Å². The third-order valence-electron chi connectivity index (χ3n) is 5.09. The number of piperidine rings is 1. The number of aromatic carboxylic acids is 1. The monoisotopic (exact) mass is 442 g/mol. The van der Waals surface area contributed by atoms with Crippen molar-refractivity contribution in [2.75, 3.05) is 18.0 Å². The lowest BCUT2D eigenvalue weighted by atomic mass is 10.1. The number of aromatic nitrogens is 3. The van der Waals surface area contributed by atoms with Crippen LogP contribution in [-0.4, -0.2) is 50.1 Å². The number of halogens is 3. The number of rotatable bonds is 4. The average Bonchev–Trinajstić information content (AvgIpc) is 2.98. The van der Waals surface area contributed by atoms with Crippen molar-refractivity contribution in [1.82, 2.24) is 14.8 Å². The second-order valence-electron chi connectivity index (χ2n) is 8.52. The van der Waals surface area contributed by atoms with Crippen molar-refractivity contribution in [2.45, 2.75) is 58.4 Å². The number of carboxylic acid groups (broad SMARTS) is 1. The Hall–Kier alpha value is -2.82. The summed E-state index contributed by atoms with van der Waals surface area (Å²) in [5.74, 6) is -1.94. The molecule has 1 fully saturated rings. The van der Waals surface area contributed by atoms with Gasteiger partial charge in [-0.25, -0.2) is 9.48 Å². The molecule has 170 valence electrons. The topological polar surface area (TPSA) is 101 Å². The van der Waals surface area contributed by atoms with Gasteiger partial charge in [-0.1, -0.05) is 0 Å². The largest absolute Gasteiger partial charge is 0.476 e. The van der Waals surface area contributed by atoms with Crippen LogP contribution in [0.2, 0.25) is 0 Å². The Balaban J connectivity index is 2.13. The number of carboxylic acids is 1. The molecule has 2 aromatic heterocycles. The number of alkyl halides is 3. The fourth-order valence-electron chi connectivity index (χ4n) is 3.50. The Morgan fingerprint density at radius 3 is 2.32 bits per heavy atom. The zero-order valence-corrected chi connectivity index (χ0v) is 17.7. The van der Waals surface area contributed by atoms with Crippen molar-refractivity contribution < 1.29 is 32.9 Å². The van der Waals surface area contributed by atoms with Gasteiger partial charge in [0.1, 0.15) is 5.56 Å². The number of carbonyl (C=O) groups is 1. The molecule has 8 nitrogen and oxygen atoms in total. The molecule has 1 aliphatic rings. The summed E-state index contributed by atoms with van der Waals surface area (Å²) in [6.07, 6.45) is -2.51. The maximum absolute atomic E-state index is 14.1. The molecule has 2 N–H and O–H groups in total. The predicted octanol–water partition coefficient (Wildman–Crippen LogP) is 3.81. The molecular formula is C20H25F3N4O4. The maximum Gasteiger partial charge on any atom is 0.422 e. The molecule has 0 aliphatic carbocycles. The number of ether oxygens (including phenoxy) is 1. The highest BCUT2D eigenvalue weighted by Crippen LogP contribution is 2.45. The molecule has 0 aromatic carbocycles. The van der Waals surface area contributed by atoms with Gasteiger partial charge < -0.3 is 19.8 Å². The van der Waals surface area contributed by atoms with Crippen molar-refractivity contribution >= 4 is 11.7 Å². The van der Waals surface area contributed by atoms with E-state index in [2.05, 4.69) is 10.1 Å². The molecule has 2 aromatic rings. The molecule has 1 saturated heterocycles. The van der Waals surface area contributed by atoms with E-state index in [1.807, 2.05) is 0 Å². The highest BCUT2D eigenvalue weighted by Gasteiger charge is 2.40. The van der Waals surface area contributed by atoms with Crippen LogP contribution in [0.4, 0.5) is 18.9 Å². The summed E-state index contributed by atoms with van der Waals surface area (Å²) in [7, 11) is 0. The lowest BCUT2D eigenvalue weighted by Gasteiger charge is -2.33. The van der Waals surface area contributed by atoms with Gasteiger partial charge in [0.2, 0.25) is 5.88 Å². The molecule has 0 amide bonds. The predicted molar refractivity (Wildman–Crippen MR) is 106 cm³/mol. The third kappa shape index (κ3) is 4.60. The average molecular weight is 442 g/mol. The SMILES string of the molecule is Cc1c(C(=O)O)nn(C(C)(C)C)c1Oc1cncc(N2CCC(O)CC2)c1C(F)(F)F. The molecule has 0 radical (unpaired) electrons. The van der Waals surface area contributed by atoms with Crippen molar-refractivity contribution in [3.63, 3.8) is 0 Å². The van der Waals surface area contributed by atoms with Crippen molar-refractivity contribution in [3.8, 4) is 11.6 Å². The first-order chi connectivity index (χ1) is 14.3. The molecular weight excluding hydrogens is 417 g/mol. The minimum atomic E-state index is -4.75. The Labute approximate surface area is 177 Å². The van der Waals surface area contributed by atoms with Crippen molar-refractivity contribution in [3.05, 3.63) is 29.2 Å². The number of aliphatic hydroxyl groups excluding tert-OH is 1. The van der Waals surface area contributed by atoms with Crippen LogP contribution in [0.15, 0.2) is 12.4 Å². The van der Waals surface area contributed by atoms with Crippen LogP contribution in [0, 0.1) is 6.92 Å². The highest BCUT2D eigenvalue weighted by molar-refractivity contribution is 5.87. The summed E-state index contributed by atoms with van der Waals surface area (Å²) in [6.45, 7) is 7.13. The van der Waals surface area contributed by atoms with Crippen LogP contribution in [0.1, 0.15) is 55.2 Å². The lowest BCUT2D eigenvalue weighted by molar-refractivity contribution is -0.138. The van der Waals surface area contributed by atoms with E-state index < -0.39 is 35.1 Å². The Morgan fingerprint density at radius 1 is 1.19 bits per heavy atom. The molecule has 0 bridgehead atoms. The van der Waals surface area contributed by atoms with Crippen molar-refractivity contribution in [1.29, 1.82) is 0 Å². The van der Waals surface area contributed by atoms with Gasteiger partial charge in [-0.05, 0) is 40.5 Å². The number of nitrogens with zero attached hydrogens (tertiary/aromatic N) is 4. The normalized spacial score (nSPS) is 15.9. The van der Waals surface area contributed by atoms with Gasteiger partial charge in [-0.2, -0.15) is 18.3 Å². The van der Waals surface area contributed by atoms with E-state index in [4.69, 9.17) is 4.74 Å². The van der Waals surface area contributed by atoms with Crippen LogP contribution >= 0.6 is 0 Å². The van der Waals surface area contributed by atoms with Crippen LogP contribution < -0.4 is 9.64 Å². The van der Waals surface area contributed by atoms with Crippen LogP contribution in [0.3, 0.4) is 0 Å². The molecule has 0 unspecified atom stereocenters. The van der Waals surface area contributed by atoms with Gasteiger partial charge in [-0.15, -0.1) is 0 Å². The smallest absolute Gasteiger partial charge is 0.422 e. The van der Waals surface area contributed by atoms with E-state index in [1.165, 1.54) is 16.5 Å². The summed E-state index contributed by atoms with van der Waals surface area (Å²) in [6, 6.07) is 0. The molecule has 31 heavy (non-hydrogen) atoms. The molecule has 0 spiro atoms. The van der Waals surface area contributed by atoms with Gasteiger partial charge in [0.05, 0.1) is 29.7 Å². The summed E-state index contributed by atoms with van der Waals surface area (Å²) in [4.78, 5) is 17.0. The van der Waals surface area contributed by atoms with E-state index in [0.717, 1.165) is 12.4 Å². The minimum Gasteiger partial charge on any atom is -0.476 e.